The first-order valence-electron chi connectivity index (χ1n) is 5.18. The molecule has 1 aromatic heterocycles. The van der Waals surface area contributed by atoms with E-state index in [0.29, 0.717) is 5.15 Å². The highest BCUT2D eigenvalue weighted by Gasteiger charge is 2.24. The summed E-state index contributed by atoms with van der Waals surface area (Å²) < 4.78 is 8.16. The van der Waals surface area contributed by atoms with Gasteiger partial charge in [-0.25, -0.2) is 0 Å². The molecule has 1 N–H and O–H groups in total. The number of aliphatic hydroxyl groups excluding tert-OH is 1. The van der Waals surface area contributed by atoms with Crippen LogP contribution in [0.3, 0.4) is 0 Å². The fourth-order valence-electron chi connectivity index (χ4n) is 1.99. The van der Waals surface area contributed by atoms with E-state index in [1.807, 2.05) is 0 Å². The second-order valence-corrected chi connectivity index (χ2v) is 4.64. The molecule has 1 unspecified atom stereocenters. The molecule has 1 aliphatic heterocycles. The Hall–Kier alpha value is -0.390. The van der Waals surface area contributed by atoms with E-state index in [1.165, 1.54) is 6.42 Å². The summed E-state index contributed by atoms with van der Waals surface area (Å²) in [5.74, 6) is 0.739. The van der Waals surface area contributed by atoms with Crippen molar-refractivity contribution < 1.29 is 5.11 Å². The van der Waals surface area contributed by atoms with Gasteiger partial charge in [0.25, 0.3) is 0 Å². The number of aliphatic hydroxyl groups is 1. The molecule has 1 aromatic rings. The van der Waals surface area contributed by atoms with Gasteiger partial charge in [-0.2, -0.15) is 8.75 Å². The largest absolute Gasteiger partial charge is 0.394 e. The predicted molar refractivity (Wildman–Crippen MR) is 61.6 cm³/mol. The highest BCUT2D eigenvalue weighted by Crippen LogP contribution is 2.28. The van der Waals surface area contributed by atoms with E-state index in [9.17, 15) is 5.11 Å². The molecule has 0 amide bonds. The lowest BCUT2D eigenvalue weighted by atomic mass is 10.1. The first kappa shape index (κ1) is 11.1. The average Bonchev–Trinajstić information content (AvgIpc) is 2.54. The summed E-state index contributed by atoms with van der Waals surface area (Å²) in [7, 11) is 0. The number of rotatable bonds is 2. The molecule has 0 radical (unpaired) electrons. The Morgan fingerprint density at radius 1 is 1.40 bits per heavy atom. The van der Waals surface area contributed by atoms with Gasteiger partial charge in [-0.05, 0) is 12.8 Å². The maximum atomic E-state index is 9.35. The van der Waals surface area contributed by atoms with Crippen LogP contribution in [0.2, 0.25) is 5.15 Å². The molecule has 1 saturated heterocycles. The molecule has 4 nitrogen and oxygen atoms in total. The minimum Gasteiger partial charge on any atom is -0.394 e. The molecular formula is C9H14ClN3OS. The van der Waals surface area contributed by atoms with E-state index in [4.69, 9.17) is 11.6 Å². The van der Waals surface area contributed by atoms with Crippen molar-refractivity contribution in [1.29, 1.82) is 0 Å². The average molecular weight is 248 g/mol. The van der Waals surface area contributed by atoms with Crippen LogP contribution in [0.25, 0.3) is 0 Å². The number of nitrogens with zero attached hydrogens (tertiary/aromatic N) is 3. The normalized spacial score (nSPS) is 22.8. The van der Waals surface area contributed by atoms with E-state index in [1.54, 1.807) is 0 Å². The molecule has 1 fully saturated rings. The van der Waals surface area contributed by atoms with Crippen molar-refractivity contribution in [2.24, 2.45) is 0 Å². The molecule has 1 atom stereocenters. The standard InChI is InChI=1S/C9H14ClN3OS/c10-8-9(12-15-11-8)13-5-3-1-2-4-7(13)6-14/h7,14H,1-6H2. The van der Waals surface area contributed by atoms with Gasteiger partial charge in [-0.15, -0.1) is 0 Å². The van der Waals surface area contributed by atoms with E-state index >= 15 is 0 Å². The molecule has 2 heterocycles. The minimum absolute atomic E-state index is 0.147. The molecule has 6 heteroatoms. The Balaban J connectivity index is 2.20. The fraction of sp³-hybridized carbons (Fsp3) is 0.778. The van der Waals surface area contributed by atoms with Crippen molar-refractivity contribution in [2.45, 2.75) is 31.7 Å². The minimum atomic E-state index is 0.147. The summed E-state index contributed by atoms with van der Waals surface area (Å²) in [6.45, 7) is 1.07. The van der Waals surface area contributed by atoms with Crippen molar-refractivity contribution in [3.8, 4) is 0 Å². The molecule has 0 spiro atoms. The van der Waals surface area contributed by atoms with Crippen molar-refractivity contribution in [2.75, 3.05) is 18.1 Å². The van der Waals surface area contributed by atoms with Gasteiger partial charge in [-0.1, -0.05) is 24.4 Å². The summed E-state index contributed by atoms with van der Waals surface area (Å²) in [6, 6.07) is 0.147. The van der Waals surface area contributed by atoms with Crippen molar-refractivity contribution >= 4 is 29.1 Å². The van der Waals surface area contributed by atoms with E-state index in [2.05, 4.69) is 13.6 Å². The van der Waals surface area contributed by atoms with Crippen LogP contribution in [-0.4, -0.2) is 33.0 Å². The van der Waals surface area contributed by atoms with Crippen molar-refractivity contribution in [3.63, 3.8) is 0 Å². The number of halogens is 1. The third-order valence-electron chi connectivity index (χ3n) is 2.79. The number of hydrogen-bond donors (Lipinski definition) is 1. The Morgan fingerprint density at radius 2 is 2.27 bits per heavy atom. The van der Waals surface area contributed by atoms with Crippen LogP contribution >= 0.6 is 23.3 Å². The monoisotopic (exact) mass is 247 g/mol. The number of hydrogen-bond acceptors (Lipinski definition) is 5. The lowest BCUT2D eigenvalue weighted by molar-refractivity contribution is 0.254. The highest BCUT2D eigenvalue weighted by atomic mass is 35.5. The lowest BCUT2D eigenvalue weighted by Gasteiger charge is -2.28. The molecule has 0 aromatic carbocycles. The van der Waals surface area contributed by atoms with E-state index in [-0.39, 0.29) is 12.6 Å². The fourth-order valence-corrected chi connectivity index (χ4v) is 2.75. The summed E-state index contributed by atoms with van der Waals surface area (Å²) in [4.78, 5) is 2.10. The van der Waals surface area contributed by atoms with Gasteiger partial charge in [0.15, 0.2) is 11.0 Å². The van der Waals surface area contributed by atoms with Gasteiger partial charge in [0.05, 0.1) is 24.4 Å². The molecule has 0 saturated carbocycles. The Kier molecular flexibility index (Phi) is 3.77. The lowest BCUT2D eigenvalue weighted by Crippen LogP contribution is -2.37. The quantitative estimate of drug-likeness (QED) is 0.868. The maximum Gasteiger partial charge on any atom is 0.187 e. The summed E-state index contributed by atoms with van der Waals surface area (Å²) in [6.07, 6.45) is 4.51. The number of aromatic nitrogens is 2. The molecule has 15 heavy (non-hydrogen) atoms. The smallest absolute Gasteiger partial charge is 0.187 e. The second kappa shape index (κ2) is 5.09. The van der Waals surface area contributed by atoms with Gasteiger partial charge in [0, 0.05) is 6.54 Å². The second-order valence-electron chi connectivity index (χ2n) is 3.76. The summed E-state index contributed by atoms with van der Waals surface area (Å²) >= 11 is 7.09. The van der Waals surface area contributed by atoms with Gasteiger partial charge in [-0.3, -0.25) is 0 Å². The number of anilines is 1. The van der Waals surface area contributed by atoms with Gasteiger partial charge >= 0.3 is 0 Å². The first-order chi connectivity index (χ1) is 7.33. The molecule has 1 aliphatic rings. The Labute approximate surface area is 98.2 Å². The Morgan fingerprint density at radius 3 is 2.93 bits per heavy atom. The topological polar surface area (TPSA) is 49.2 Å². The highest BCUT2D eigenvalue weighted by molar-refractivity contribution is 6.99. The van der Waals surface area contributed by atoms with Crippen LogP contribution in [0.5, 0.6) is 0 Å². The third-order valence-corrected chi connectivity index (χ3v) is 3.67. The maximum absolute atomic E-state index is 9.35. The SMILES string of the molecule is OCC1CCCCCN1c1nsnc1Cl. The summed E-state index contributed by atoms with van der Waals surface area (Å²) in [5, 5.41) is 9.81. The van der Waals surface area contributed by atoms with Gasteiger partial charge < -0.3 is 10.0 Å². The molecular weight excluding hydrogens is 234 g/mol. The van der Waals surface area contributed by atoms with E-state index in [0.717, 1.165) is 43.4 Å². The molecule has 2 rings (SSSR count). The van der Waals surface area contributed by atoms with Crippen LogP contribution in [0.1, 0.15) is 25.7 Å². The van der Waals surface area contributed by atoms with Crippen LogP contribution in [0.4, 0.5) is 5.82 Å². The zero-order valence-corrected chi connectivity index (χ0v) is 9.97. The van der Waals surface area contributed by atoms with Crippen molar-refractivity contribution in [3.05, 3.63) is 5.15 Å². The molecule has 84 valence electrons. The zero-order chi connectivity index (χ0) is 10.7. The molecule has 0 aliphatic carbocycles. The van der Waals surface area contributed by atoms with Gasteiger partial charge in [0.1, 0.15) is 0 Å². The van der Waals surface area contributed by atoms with Crippen molar-refractivity contribution in [1.82, 2.24) is 8.75 Å². The first-order valence-corrected chi connectivity index (χ1v) is 6.29. The van der Waals surface area contributed by atoms with Crippen LogP contribution in [0.15, 0.2) is 0 Å². The Bertz CT molecular complexity index is 320. The predicted octanol–water partition coefficient (Wildman–Crippen LogP) is 1.93. The van der Waals surface area contributed by atoms with Crippen LogP contribution in [-0.2, 0) is 0 Å². The molecule has 0 bridgehead atoms. The summed E-state index contributed by atoms with van der Waals surface area (Å²) in [5.41, 5.74) is 0. The van der Waals surface area contributed by atoms with E-state index < -0.39 is 0 Å². The third kappa shape index (κ3) is 2.41. The van der Waals surface area contributed by atoms with Gasteiger partial charge in [0.2, 0.25) is 0 Å². The van der Waals surface area contributed by atoms with Crippen LogP contribution < -0.4 is 4.90 Å². The van der Waals surface area contributed by atoms with Crippen LogP contribution in [0, 0.1) is 0 Å². The zero-order valence-electron chi connectivity index (χ0n) is 8.40.